The normalized spacial score (nSPS) is 26.9. The molecule has 2 aliphatic rings. The zero-order chi connectivity index (χ0) is 11.4. The van der Waals surface area contributed by atoms with Crippen LogP contribution in [0, 0.1) is 0 Å². The Balaban J connectivity index is 1.70. The third-order valence-corrected chi connectivity index (χ3v) is 3.60. The summed E-state index contributed by atoms with van der Waals surface area (Å²) >= 11 is 0. The molecule has 1 aliphatic carbocycles. The predicted octanol–water partition coefficient (Wildman–Crippen LogP) is 1.14. The quantitative estimate of drug-likeness (QED) is 0.664. The summed E-state index contributed by atoms with van der Waals surface area (Å²) in [6.07, 6.45) is 6.32. The maximum atomic E-state index is 9.32. The number of aliphatic hydroxyl groups excluding tert-OH is 1. The number of likely N-dealkylation sites (tertiary alicyclic amines) is 1. The second kappa shape index (κ2) is 5.80. The Hall–Kier alpha value is -0.380. The topological polar surface area (TPSA) is 35.5 Å². The molecule has 2 fully saturated rings. The van der Waals surface area contributed by atoms with Gasteiger partial charge in [-0.15, -0.1) is 0 Å². The number of hydrogen-bond acceptors (Lipinski definition) is 3. The van der Waals surface area contributed by atoms with Gasteiger partial charge in [0.15, 0.2) is 0 Å². The summed E-state index contributed by atoms with van der Waals surface area (Å²) in [5.74, 6) is 0. The summed E-state index contributed by atoms with van der Waals surface area (Å²) in [5, 5.41) is 12.8. The molecule has 0 spiro atoms. The molecule has 1 heterocycles. The van der Waals surface area contributed by atoms with Crippen LogP contribution in [0.15, 0.2) is 12.2 Å². The van der Waals surface area contributed by atoms with Crippen molar-refractivity contribution in [2.75, 3.05) is 26.2 Å². The van der Waals surface area contributed by atoms with Crippen LogP contribution in [-0.2, 0) is 0 Å². The highest BCUT2D eigenvalue weighted by atomic mass is 16.3. The monoisotopic (exact) mass is 224 g/mol. The zero-order valence-electron chi connectivity index (χ0n) is 10.1. The van der Waals surface area contributed by atoms with Gasteiger partial charge in [0, 0.05) is 25.2 Å². The van der Waals surface area contributed by atoms with E-state index in [2.05, 4.69) is 16.8 Å². The second-order valence-corrected chi connectivity index (χ2v) is 5.21. The lowest BCUT2D eigenvalue weighted by atomic mass is 10.0. The van der Waals surface area contributed by atoms with Crippen molar-refractivity contribution in [1.29, 1.82) is 0 Å². The van der Waals surface area contributed by atoms with Crippen LogP contribution in [0.3, 0.4) is 0 Å². The molecule has 2 N–H and O–H groups in total. The Morgan fingerprint density at radius 2 is 2.12 bits per heavy atom. The molecule has 1 atom stereocenters. The lowest BCUT2D eigenvalue weighted by Crippen LogP contribution is -2.43. The van der Waals surface area contributed by atoms with Gasteiger partial charge < -0.3 is 10.4 Å². The van der Waals surface area contributed by atoms with Gasteiger partial charge in [0.05, 0.1) is 6.61 Å². The van der Waals surface area contributed by atoms with E-state index in [1.807, 2.05) is 0 Å². The van der Waals surface area contributed by atoms with Crippen LogP contribution in [0.4, 0.5) is 0 Å². The van der Waals surface area contributed by atoms with Crippen molar-refractivity contribution in [2.24, 2.45) is 0 Å². The molecule has 1 aliphatic heterocycles. The number of hydrogen-bond donors (Lipinski definition) is 2. The number of rotatable bonds is 6. The molecule has 0 aromatic heterocycles. The molecule has 3 nitrogen and oxygen atoms in total. The maximum absolute atomic E-state index is 9.32. The Bertz CT molecular complexity index is 238. The summed E-state index contributed by atoms with van der Waals surface area (Å²) in [5.41, 5.74) is 1.26. The second-order valence-electron chi connectivity index (χ2n) is 5.21. The van der Waals surface area contributed by atoms with Crippen LogP contribution in [0.5, 0.6) is 0 Å². The van der Waals surface area contributed by atoms with E-state index in [1.54, 1.807) is 0 Å². The van der Waals surface area contributed by atoms with E-state index < -0.39 is 0 Å². The largest absolute Gasteiger partial charge is 0.395 e. The molecule has 0 aromatic carbocycles. The lowest BCUT2D eigenvalue weighted by molar-refractivity contribution is 0.0982. The van der Waals surface area contributed by atoms with Gasteiger partial charge >= 0.3 is 0 Å². The Kier molecular flexibility index (Phi) is 4.38. The maximum Gasteiger partial charge on any atom is 0.0586 e. The highest BCUT2D eigenvalue weighted by Crippen LogP contribution is 2.20. The molecule has 1 unspecified atom stereocenters. The van der Waals surface area contributed by atoms with Crippen molar-refractivity contribution in [3.63, 3.8) is 0 Å². The van der Waals surface area contributed by atoms with E-state index in [0.717, 1.165) is 32.1 Å². The molecule has 0 amide bonds. The fourth-order valence-corrected chi connectivity index (χ4v) is 2.39. The number of nitrogens with zero attached hydrogens (tertiary/aromatic N) is 1. The Morgan fingerprint density at radius 3 is 2.81 bits per heavy atom. The molecule has 16 heavy (non-hydrogen) atoms. The van der Waals surface area contributed by atoms with E-state index in [1.165, 1.54) is 31.3 Å². The van der Waals surface area contributed by atoms with E-state index in [4.69, 9.17) is 0 Å². The van der Waals surface area contributed by atoms with Crippen LogP contribution >= 0.6 is 0 Å². The first kappa shape index (κ1) is 12.1. The molecule has 1 saturated carbocycles. The lowest BCUT2D eigenvalue weighted by Gasteiger charge is -2.35. The van der Waals surface area contributed by atoms with Crippen molar-refractivity contribution in [1.82, 2.24) is 10.2 Å². The van der Waals surface area contributed by atoms with Crippen LogP contribution in [0.2, 0.25) is 0 Å². The van der Waals surface area contributed by atoms with Crippen LogP contribution in [-0.4, -0.2) is 48.3 Å². The van der Waals surface area contributed by atoms with E-state index >= 15 is 0 Å². The summed E-state index contributed by atoms with van der Waals surface area (Å²) in [4.78, 5) is 2.39. The summed E-state index contributed by atoms with van der Waals surface area (Å²) in [6, 6.07) is 1.12. The molecule has 92 valence electrons. The molecule has 3 heteroatoms. The molecule has 0 radical (unpaired) electrons. The van der Waals surface area contributed by atoms with E-state index in [0.29, 0.717) is 12.6 Å². The minimum atomic E-state index is 0.295. The molecule has 0 bridgehead atoms. The standard InChI is InChI=1S/C13H24N2O/c1-11(8-14-12-5-6-12)9-15-7-3-2-4-13(15)10-16/h12-14,16H,1-10H2. The summed E-state index contributed by atoms with van der Waals surface area (Å²) in [7, 11) is 0. The highest BCUT2D eigenvalue weighted by molar-refractivity contribution is 5.03. The van der Waals surface area contributed by atoms with Crippen LogP contribution < -0.4 is 5.32 Å². The van der Waals surface area contributed by atoms with E-state index in [9.17, 15) is 5.11 Å². The number of piperidine rings is 1. The van der Waals surface area contributed by atoms with Gasteiger partial charge in [-0.1, -0.05) is 13.0 Å². The van der Waals surface area contributed by atoms with Gasteiger partial charge in [-0.05, 0) is 37.8 Å². The SMILES string of the molecule is C=C(CNC1CC1)CN1CCCCC1CO. The van der Waals surface area contributed by atoms with Crippen LogP contribution in [0.1, 0.15) is 32.1 Å². The van der Waals surface area contributed by atoms with Gasteiger partial charge in [-0.3, -0.25) is 4.90 Å². The Labute approximate surface area is 98.5 Å². The van der Waals surface area contributed by atoms with Crippen molar-refractivity contribution >= 4 is 0 Å². The van der Waals surface area contributed by atoms with Gasteiger partial charge in [-0.25, -0.2) is 0 Å². The molecular formula is C13H24N2O. The molecular weight excluding hydrogens is 200 g/mol. The average Bonchev–Trinajstić information content (AvgIpc) is 3.11. The van der Waals surface area contributed by atoms with Crippen molar-refractivity contribution < 1.29 is 5.11 Å². The summed E-state index contributed by atoms with van der Waals surface area (Å²) in [6.45, 7) is 7.44. The zero-order valence-corrected chi connectivity index (χ0v) is 10.1. The fourth-order valence-electron chi connectivity index (χ4n) is 2.39. The molecule has 0 aromatic rings. The first-order valence-electron chi connectivity index (χ1n) is 6.54. The summed E-state index contributed by atoms with van der Waals surface area (Å²) < 4.78 is 0. The number of nitrogens with one attached hydrogen (secondary N) is 1. The van der Waals surface area contributed by atoms with E-state index in [-0.39, 0.29) is 0 Å². The third-order valence-electron chi connectivity index (χ3n) is 3.60. The van der Waals surface area contributed by atoms with Gasteiger partial charge in [0.1, 0.15) is 0 Å². The van der Waals surface area contributed by atoms with Gasteiger partial charge in [0.2, 0.25) is 0 Å². The van der Waals surface area contributed by atoms with Crippen molar-refractivity contribution in [3.8, 4) is 0 Å². The highest BCUT2D eigenvalue weighted by Gasteiger charge is 2.23. The first-order valence-corrected chi connectivity index (χ1v) is 6.54. The minimum Gasteiger partial charge on any atom is -0.395 e. The first-order chi connectivity index (χ1) is 7.79. The smallest absolute Gasteiger partial charge is 0.0586 e. The van der Waals surface area contributed by atoms with Gasteiger partial charge in [0.25, 0.3) is 0 Å². The third kappa shape index (κ3) is 3.58. The average molecular weight is 224 g/mol. The van der Waals surface area contributed by atoms with Gasteiger partial charge in [-0.2, -0.15) is 0 Å². The van der Waals surface area contributed by atoms with Crippen LogP contribution in [0.25, 0.3) is 0 Å². The number of aliphatic hydroxyl groups is 1. The Morgan fingerprint density at radius 1 is 1.31 bits per heavy atom. The molecule has 2 rings (SSSR count). The minimum absolute atomic E-state index is 0.295. The van der Waals surface area contributed by atoms with Crippen molar-refractivity contribution in [3.05, 3.63) is 12.2 Å². The fraction of sp³-hybridized carbons (Fsp3) is 0.846. The molecule has 1 saturated heterocycles. The predicted molar refractivity (Wildman–Crippen MR) is 66.5 cm³/mol. The van der Waals surface area contributed by atoms with Crippen molar-refractivity contribution in [2.45, 2.75) is 44.2 Å².